The SMILES string of the molecule is COc1cc(N)c(-c2c(O)ccc3ccccc23)c(OC)c1OC. The second-order valence-electron chi connectivity index (χ2n) is 5.29. The van der Waals surface area contributed by atoms with Crippen LogP contribution in [0.1, 0.15) is 0 Å². The lowest BCUT2D eigenvalue weighted by molar-refractivity contribution is 0.325. The van der Waals surface area contributed by atoms with Crippen LogP contribution in [0.5, 0.6) is 23.0 Å². The molecule has 0 aromatic heterocycles. The topological polar surface area (TPSA) is 73.9 Å². The Morgan fingerprint density at radius 3 is 2.21 bits per heavy atom. The quantitative estimate of drug-likeness (QED) is 0.713. The van der Waals surface area contributed by atoms with E-state index in [0.717, 1.165) is 10.8 Å². The summed E-state index contributed by atoms with van der Waals surface area (Å²) < 4.78 is 16.3. The molecule has 0 saturated heterocycles. The van der Waals surface area contributed by atoms with Crippen LogP contribution in [0, 0.1) is 0 Å². The molecule has 3 aromatic rings. The van der Waals surface area contributed by atoms with Gasteiger partial charge in [0.2, 0.25) is 5.75 Å². The standard InChI is InChI=1S/C19H19NO4/c1-22-15-10-13(20)17(19(24-3)18(15)23-2)16-12-7-5-4-6-11(12)8-9-14(16)21/h4-10,21H,20H2,1-3H3. The Labute approximate surface area is 140 Å². The monoisotopic (exact) mass is 325 g/mol. The molecule has 0 heterocycles. The molecular formula is C19H19NO4. The van der Waals surface area contributed by atoms with Crippen molar-refractivity contribution in [3.05, 3.63) is 42.5 Å². The molecule has 0 aliphatic heterocycles. The highest BCUT2D eigenvalue weighted by molar-refractivity contribution is 6.04. The van der Waals surface area contributed by atoms with E-state index in [4.69, 9.17) is 19.9 Å². The first kappa shape index (κ1) is 15.8. The first-order valence-corrected chi connectivity index (χ1v) is 7.41. The fourth-order valence-corrected chi connectivity index (χ4v) is 2.96. The number of nitrogen functional groups attached to an aromatic ring is 1. The number of ether oxygens (including phenoxy) is 3. The minimum absolute atomic E-state index is 0.117. The van der Waals surface area contributed by atoms with Gasteiger partial charge in [0, 0.05) is 17.3 Å². The number of nitrogens with two attached hydrogens (primary N) is 1. The van der Waals surface area contributed by atoms with E-state index in [2.05, 4.69) is 0 Å². The van der Waals surface area contributed by atoms with E-state index in [1.807, 2.05) is 30.3 Å². The molecule has 0 radical (unpaired) electrons. The second kappa shape index (κ2) is 6.20. The van der Waals surface area contributed by atoms with Crippen LogP contribution < -0.4 is 19.9 Å². The van der Waals surface area contributed by atoms with Crippen LogP contribution in [0.4, 0.5) is 5.69 Å². The highest BCUT2D eigenvalue weighted by atomic mass is 16.5. The molecule has 5 heteroatoms. The van der Waals surface area contributed by atoms with E-state index in [1.165, 1.54) is 21.3 Å². The molecule has 0 saturated carbocycles. The molecule has 0 aliphatic carbocycles. The Bertz CT molecular complexity index is 905. The molecule has 0 unspecified atom stereocenters. The summed E-state index contributed by atoms with van der Waals surface area (Å²) >= 11 is 0. The Morgan fingerprint density at radius 2 is 1.54 bits per heavy atom. The average Bonchev–Trinajstić information content (AvgIpc) is 2.61. The third kappa shape index (κ3) is 2.34. The number of rotatable bonds is 4. The zero-order valence-corrected chi connectivity index (χ0v) is 13.8. The van der Waals surface area contributed by atoms with Crippen molar-refractivity contribution in [2.24, 2.45) is 0 Å². The van der Waals surface area contributed by atoms with Crippen molar-refractivity contribution in [3.63, 3.8) is 0 Å². The summed E-state index contributed by atoms with van der Waals surface area (Å²) in [6.45, 7) is 0. The number of fused-ring (bicyclic) bond motifs is 1. The van der Waals surface area contributed by atoms with Crippen molar-refractivity contribution < 1.29 is 19.3 Å². The predicted octanol–water partition coefficient (Wildman–Crippen LogP) is 3.82. The number of hydrogen-bond acceptors (Lipinski definition) is 5. The normalized spacial score (nSPS) is 10.6. The van der Waals surface area contributed by atoms with E-state index < -0.39 is 0 Å². The van der Waals surface area contributed by atoms with Crippen molar-refractivity contribution in [2.75, 3.05) is 27.1 Å². The van der Waals surface area contributed by atoms with Crippen molar-refractivity contribution >= 4 is 16.5 Å². The molecule has 3 rings (SSSR count). The maximum Gasteiger partial charge on any atom is 0.204 e. The smallest absolute Gasteiger partial charge is 0.204 e. The summed E-state index contributed by atoms with van der Waals surface area (Å²) in [6, 6.07) is 12.9. The van der Waals surface area contributed by atoms with Crippen LogP contribution in [-0.2, 0) is 0 Å². The van der Waals surface area contributed by atoms with Gasteiger partial charge < -0.3 is 25.1 Å². The van der Waals surface area contributed by atoms with Gasteiger partial charge in [0.25, 0.3) is 0 Å². The van der Waals surface area contributed by atoms with Crippen LogP contribution in [-0.4, -0.2) is 26.4 Å². The Morgan fingerprint density at radius 1 is 0.833 bits per heavy atom. The van der Waals surface area contributed by atoms with Crippen molar-refractivity contribution in [1.29, 1.82) is 0 Å². The third-order valence-electron chi connectivity index (χ3n) is 4.02. The molecule has 0 amide bonds. The van der Waals surface area contributed by atoms with Crippen LogP contribution in [0.3, 0.4) is 0 Å². The van der Waals surface area contributed by atoms with Crippen LogP contribution in [0.2, 0.25) is 0 Å². The molecular weight excluding hydrogens is 306 g/mol. The minimum Gasteiger partial charge on any atom is -0.507 e. The maximum atomic E-state index is 10.5. The highest BCUT2D eigenvalue weighted by Gasteiger charge is 2.24. The number of aromatic hydroxyl groups is 1. The summed E-state index contributed by atoms with van der Waals surface area (Å²) in [5, 5.41) is 12.4. The van der Waals surface area contributed by atoms with Gasteiger partial charge in [0.15, 0.2) is 11.5 Å². The molecule has 124 valence electrons. The van der Waals surface area contributed by atoms with Crippen LogP contribution in [0.25, 0.3) is 21.9 Å². The van der Waals surface area contributed by atoms with Crippen LogP contribution >= 0.6 is 0 Å². The summed E-state index contributed by atoms with van der Waals surface area (Å²) in [5.41, 5.74) is 7.86. The van der Waals surface area contributed by atoms with E-state index in [0.29, 0.717) is 34.1 Å². The lowest BCUT2D eigenvalue weighted by atomic mass is 9.94. The average molecular weight is 325 g/mol. The highest BCUT2D eigenvalue weighted by Crippen LogP contribution is 2.51. The number of methoxy groups -OCH3 is 3. The number of phenolic OH excluding ortho intramolecular Hbond substituents is 1. The number of benzene rings is 3. The first-order chi connectivity index (χ1) is 11.6. The van der Waals surface area contributed by atoms with Gasteiger partial charge >= 0.3 is 0 Å². The molecule has 0 atom stereocenters. The first-order valence-electron chi connectivity index (χ1n) is 7.41. The number of anilines is 1. The van der Waals surface area contributed by atoms with E-state index >= 15 is 0 Å². The van der Waals surface area contributed by atoms with E-state index in [-0.39, 0.29) is 5.75 Å². The zero-order valence-electron chi connectivity index (χ0n) is 13.8. The molecule has 5 nitrogen and oxygen atoms in total. The zero-order chi connectivity index (χ0) is 17.3. The summed E-state index contributed by atoms with van der Waals surface area (Å²) in [7, 11) is 4.59. The summed E-state index contributed by atoms with van der Waals surface area (Å²) in [5.74, 6) is 1.43. The van der Waals surface area contributed by atoms with Gasteiger partial charge in [-0.2, -0.15) is 0 Å². The number of hydrogen-bond donors (Lipinski definition) is 2. The van der Waals surface area contributed by atoms with Gasteiger partial charge in [-0.1, -0.05) is 30.3 Å². The summed E-state index contributed by atoms with van der Waals surface area (Å²) in [4.78, 5) is 0. The summed E-state index contributed by atoms with van der Waals surface area (Å²) in [6.07, 6.45) is 0. The molecule has 3 aromatic carbocycles. The predicted molar refractivity (Wildman–Crippen MR) is 95.1 cm³/mol. The molecule has 0 bridgehead atoms. The van der Waals surface area contributed by atoms with E-state index in [9.17, 15) is 5.11 Å². The van der Waals surface area contributed by atoms with Gasteiger partial charge in [-0.25, -0.2) is 0 Å². The Balaban J connectivity index is 2.45. The second-order valence-corrected chi connectivity index (χ2v) is 5.29. The molecule has 0 fully saturated rings. The lowest BCUT2D eigenvalue weighted by Gasteiger charge is -2.19. The maximum absolute atomic E-state index is 10.5. The number of phenols is 1. The van der Waals surface area contributed by atoms with Crippen LogP contribution in [0.15, 0.2) is 42.5 Å². The van der Waals surface area contributed by atoms with E-state index in [1.54, 1.807) is 12.1 Å². The van der Waals surface area contributed by atoms with Crippen molar-refractivity contribution in [3.8, 4) is 34.1 Å². The fraction of sp³-hybridized carbons (Fsp3) is 0.158. The van der Waals surface area contributed by atoms with Crippen molar-refractivity contribution in [2.45, 2.75) is 0 Å². The minimum atomic E-state index is 0.117. The molecule has 24 heavy (non-hydrogen) atoms. The Hall–Kier alpha value is -3.08. The molecule has 0 spiro atoms. The van der Waals surface area contributed by atoms with Crippen molar-refractivity contribution in [1.82, 2.24) is 0 Å². The molecule has 0 aliphatic rings. The molecule has 3 N–H and O–H groups in total. The lowest BCUT2D eigenvalue weighted by Crippen LogP contribution is -2.01. The fourth-order valence-electron chi connectivity index (χ4n) is 2.96. The van der Waals surface area contributed by atoms with Gasteiger partial charge in [-0.05, 0) is 16.8 Å². The van der Waals surface area contributed by atoms with Gasteiger partial charge in [-0.3, -0.25) is 0 Å². The van der Waals surface area contributed by atoms with Gasteiger partial charge in [0.05, 0.1) is 26.9 Å². The Kier molecular flexibility index (Phi) is 4.08. The largest absolute Gasteiger partial charge is 0.507 e. The van der Waals surface area contributed by atoms with Gasteiger partial charge in [-0.15, -0.1) is 0 Å². The van der Waals surface area contributed by atoms with Gasteiger partial charge in [0.1, 0.15) is 5.75 Å². The third-order valence-corrected chi connectivity index (χ3v) is 4.02.